The summed E-state index contributed by atoms with van der Waals surface area (Å²) in [7, 11) is 2.05. The van der Waals surface area contributed by atoms with E-state index in [1.165, 1.54) is 0 Å². The van der Waals surface area contributed by atoms with E-state index in [0.717, 1.165) is 18.7 Å². The number of amides is 2. The first-order valence-electron chi connectivity index (χ1n) is 9.13. The van der Waals surface area contributed by atoms with Crippen LogP contribution in [0.2, 0.25) is 5.02 Å². The molecule has 6 heteroatoms. The molecule has 0 radical (unpaired) electrons. The third kappa shape index (κ3) is 5.31. The highest BCUT2D eigenvalue weighted by molar-refractivity contribution is 6.30. The second-order valence-corrected chi connectivity index (χ2v) is 7.25. The first kappa shape index (κ1) is 19.4. The molecule has 1 saturated heterocycles. The summed E-state index contributed by atoms with van der Waals surface area (Å²) in [4.78, 5) is 29.1. The molecule has 1 N–H and O–H groups in total. The van der Waals surface area contributed by atoms with Crippen molar-refractivity contribution in [3.8, 4) is 0 Å². The van der Waals surface area contributed by atoms with E-state index in [-0.39, 0.29) is 11.8 Å². The maximum atomic E-state index is 12.7. The van der Waals surface area contributed by atoms with E-state index >= 15 is 0 Å². The summed E-state index contributed by atoms with van der Waals surface area (Å²) in [5.74, 6) is -0.193. The summed E-state index contributed by atoms with van der Waals surface area (Å²) in [6.07, 6.45) is 0.701. The molecule has 1 aliphatic rings. The molecule has 0 unspecified atom stereocenters. The molecular formula is C21H24ClN3O2. The Morgan fingerprint density at radius 1 is 1.00 bits per heavy atom. The van der Waals surface area contributed by atoms with Crippen LogP contribution in [0.3, 0.4) is 0 Å². The highest BCUT2D eigenvalue weighted by Gasteiger charge is 2.21. The Kier molecular flexibility index (Phi) is 6.48. The standard InChI is InChI=1S/C21H24ClN3O2/c1-24-10-12-25(13-11-24)21(27)18-6-3-5-17(15-18)20(26)23-9-8-16-4-2-7-19(22)14-16/h2-7,14-15H,8-13H2,1H3,(H,23,26). The molecule has 0 aliphatic carbocycles. The van der Waals surface area contributed by atoms with Crippen LogP contribution in [-0.4, -0.2) is 61.4 Å². The van der Waals surface area contributed by atoms with E-state index in [1.807, 2.05) is 29.2 Å². The molecular weight excluding hydrogens is 362 g/mol. The number of carbonyl (C=O) groups is 2. The van der Waals surface area contributed by atoms with E-state index in [9.17, 15) is 9.59 Å². The zero-order valence-corrected chi connectivity index (χ0v) is 16.2. The Hall–Kier alpha value is -2.37. The van der Waals surface area contributed by atoms with Crippen LogP contribution in [0.25, 0.3) is 0 Å². The van der Waals surface area contributed by atoms with E-state index in [4.69, 9.17) is 11.6 Å². The maximum absolute atomic E-state index is 12.7. The molecule has 1 heterocycles. The van der Waals surface area contributed by atoms with Crippen molar-refractivity contribution in [1.29, 1.82) is 0 Å². The minimum Gasteiger partial charge on any atom is -0.352 e. The summed E-state index contributed by atoms with van der Waals surface area (Å²) >= 11 is 5.98. The van der Waals surface area contributed by atoms with E-state index in [0.29, 0.717) is 42.2 Å². The molecule has 0 aromatic heterocycles. The topological polar surface area (TPSA) is 52.7 Å². The Balaban J connectivity index is 1.57. The number of hydrogen-bond acceptors (Lipinski definition) is 3. The zero-order chi connectivity index (χ0) is 19.2. The number of halogens is 1. The fourth-order valence-electron chi connectivity index (χ4n) is 3.10. The predicted molar refractivity (Wildman–Crippen MR) is 107 cm³/mol. The monoisotopic (exact) mass is 385 g/mol. The van der Waals surface area contributed by atoms with Gasteiger partial charge in [-0.15, -0.1) is 0 Å². The second kappa shape index (κ2) is 9.02. The smallest absolute Gasteiger partial charge is 0.253 e. The number of benzene rings is 2. The predicted octanol–water partition coefficient (Wildman–Crippen LogP) is 2.70. The lowest BCUT2D eigenvalue weighted by Gasteiger charge is -2.32. The van der Waals surface area contributed by atoms with Gasteiger partial charge in [0.1, 0.15) is 0 Å². The Morgan fingerprint density at radius 3 is 2.44 bits per heavy atom. The highest BCUT2D eigenvalue weighted by atomic mass is 35.5. The fourth-order valence-corrected chi connectivity index (χ4v) is 3.31. The van der Waals surface area contributed by atoms with E-state index < -0.39 is 0 Å². The largest absolute Gasteiger partial charge is 0.352 e. The van der Waals surface area contributed by atoms with Gasteiger partial charge in [-0.05, 0) is 49.4 Å². The molecule has 0 atom stereocenters. The molecule has 0 bridgehead atoms. The van der Waals surface area contributed by atoms with Crippen molar-refractivity contribution in [2.75, 3.05) is 39.8 Å². The van der Waals surface area contributed by atoms with Crippen LogP contribution in [0.15, 0.2) is 48.5 Å². The minimum absolute atomic E-state index is 0.0170. The Labute approximate surface area is 164 Å². The summed E-state index contributed by atoms with van der Waals surface area (Å²) in [6.45, 7) is 3.68. The van der Waals surface area contributed by atoms with Gasteiger partial charge >= 0.3 is 0 Å². The van der Waals surface area contributed by atoms with Crippen LogP contribution in [0.1, 0.15) is 26.3 Å². The van der Waals surface area contributed by atoms with Crippen LogP contribution in [0, 0.1) is 0 Å². The molecule has 0 saturated carbocycles. The molecule has 27 heavy (non-hydrogen) atoms. The van der Waals surface area contributed by atoms with Gasteiger partial charge in [0, 0.05) is 48.9 Å². The Morgan fingerprint density at radius 2 is 1.70 bits per heavy atom. The third-order valence-electron chi connectivity index (χ3n) is 4.75. The second-order valence-electron chi connectivity index (χ2n) is 6.81. The quantitative estimate of drug-likeness (QED) is 0.861. The van der Waals surface area contributed by atoms with Crippen molar-refractivity contribution in [3.63, 3.8) is 0 Å². The number of nitrogens with zero attached hydrogens (tertiary/aromatic N) is 2. The minimum atomic E-state index is -0.176. The fraction of sp³-hybridized carbons (Fsp3) is 0.333. The van der Waals surface area contributed by atoms with Crippen LogP contribution >= 0.6 is 11.6 Å². The molecule has 2 aromatic carbocycles. The van der Waals surface area contributed by atoms with Gasteiger partial charge in [0.25, 0.3) is 11.8 Å². The maximum Gasteiger partial charge on any atom is 0.253 e. The van der Waals surface area contributed by atoms with E-state index in [1.54, 1.807) is 24.3 Å². The van der Waals surface area contributed by atoms with Crippen molar-refractivity contribution < 1.29 is 9.59 Å². The molecule has 0 spiro atoms. The lowest BCUT2D eigenvalue weighted by atomic mass is 10.1. The van der Waals surface area contributed by atoms with Crippen molar-refractivity contribution in [3.05, 3.63) is 70.2 Å². The molecule has 1 aliphatic heterocycles. The van der Waals surface area contributed by atoms with Crippen molar-refractivity contribution in [2.24, 2.45) is 0 Å². The van der Waals surface area contributed by atoms with E-state index in [2.05, 4.69) is 17.3 Å². The van der Waals surface area contributed by atoms with Gasteiger partial charge in [0.05, 0.1) is 0 Å². The van der Waals surface area contributed by atoms with Crippen molar-refractivity contribution >= 4 is 23.4 Å². The van der Waals surface area contributed by atoms with Crippen molar-refractivity contribution in [1.82, 2.24) is 15.1 Å². The number of piperazine rings is 1. The molecule has 5 nitrogen and oxygen atoms in total. The first-order chi connectivity index (χ1) is 13.0. The number of carbonyl (C=O) groups excluding carboxylic acids is 2. The number of rotatable bonds is 5. The lowest BCUT2D eigenvalue weighted by molar-refractivity contribution is 0.0664. The average molecular weight is 386 g/mol. The lowest BCUT2D eigenvalue weighted by Crippen LogP contribution is -2.47. The van der Waals surface area contributed by atoms with Gasteiger partial charge in [-0.3, -0.25) is 9.59 Å². The van der Waals surface area contributed by atoms with Gasteiger partial charge < -0.3 is 15.1 Å². The van der Waals surface area contributed by atoms with Crippen LogP contribution in [0.5, 0.6) is 0 Å². The molecule has 1 fully saturated rings. The highest BCUT2D eigenvalue weighted by Crippen LogP contribution is 2.12. The first-order valence-corrected chi connectivity index (χ1v) is 9.51. The molecule has 142 valence electrons. The zero-order valence-electron chi connectivity index (χ0n) is 15.5. The average Bonchev–Trinajstić information content (AvgIpc) is 2.68. The number of hydrogen-bond donors (Lipinski definition) is 1. The Bertz CT molecular complexity index is 817. The van der Waals surface area contributed by atoms with Gasteiger partial charge in [0.15, 0.2) is 0 Å². The summed E-state index contributed by atoms with van der Waals surface area (Å²) in [5.41, 5.74) is 2.13. The van der Waals surface area contributed by atoms with Gasteiger partial charge in [0.2, 0.25) is 0 Å². The third-order valence-corrected chi connectivity index (χ3v) is 4.99. The van der Waals surface area contributed by atoms with Gasteiger partial charge in [-0.1, -0.05) is 29.8 Å². The summed E-state index contributed by atoms with van der Waals surface area (Å²) in [6, 6.07) is 14.5. The number of likely N-dealkylation sites (N-methyl/N-ethyl adjacent to an activating group) is 1. The summed E-state index contributed by atoms with van der Waals surface area (Å²) in [5, 5.41) is 3.59. The van der Waals surface area contributed by atoms with Crippen LogP contribution in [0.4, 0.5) is 0 Å². The summed E-state index contributed by atoms with van der Waals surface area (Å²) < 4.78 is 0. The van der Waals surface area contributed by atoms with Crippen LogP contribution in [-0.2, 0) is 6.42 Å². The number of nitrogens with one attached hydrogen (secondary N) is 1. The van der Waals surface area contributed by atoms with Crippen LogP contribution < -0.4 is 5.32 Å². The molecule has 2 aromatic rings. The van der Waals surface area contributed by atoms with Gasteiger partial charge in [-0.2, -0.15) is 0 Å². The SMILES string of the molecule is CN1CCN(C(=O)c2cccc(C(=O)NCCc3cccc(Cl)c3)c2)CC1. The molecule has 3 rings (SSSR count). The van der Waals surface area contributed by atoms with Gasteiger partial charge in [-0.25, -0.2) is 0 Å². The molecule has 2 amide bonds. The van der Waals surface area contributed by atoms with Crippen molar-refractivity contribution in [2.45, 2.75) is 6.42 Å². The normalized spacial score (nSPS) is 14.8.